The first-order chi connectivity index (χ1) is 13.3. The van der Waals surface area contributed by atoms with Crippen molar-refractivity contribution in [3.63, 3.8) is 0 Å². The van der Waals surface area contributed by atoms with Crippen molar-refractivity contribution in [2.45, 2.75) is 12.8 Å². The molecule has 28 heavy (non-hydrogen) atoms. The summed E-state index contributed by atoms with van der Waals surface area (Å²) < 4.78 is 66.7. The van der Waals surface area contributed by atoms with Crippen LogP contribution in [0.2, 0.25) is 0 Å². The number of amides is 2. The van der Waals surface area contributed by atoms with Crippen molar-refractivity contribution >= 4 is 17.5 Å². The van der Waals surface area contributed by atoms with Crippen LogP contribution in [0.4, 0.5) is 27.6 Å². The number of carbonyl (C=O) groups excluding carboxylic acids is 2. The highest BCUT2D eigenvalue weighted by atomic mass is 19.2. The molecule has 1 heterocycles. The van der Waals surface area contributed by atoms with Crippen LogP contribution in [0.3, 0.4) is 0 Å². The normalized spacial score (nSPS) is 14.8. The molecule has 1 aliphatic rings. The Kier molecular flexibility index (Phi) is 5.62. The third-order valence-electron chi connectivity index (χ3n) is 4.61. The average molecular weight is 398 g/mol. The van der Waals surface area contributed by atoms with Crippen molar-refractivity contribution in [2.24, 2.45) is 5.92 Å². The number of rotatable bonds is 3. The monoisotopic (exact) mass is 398 g/mol. The van der Waals surface area contributed by atoms with Gasteiger partial charge in [0.15, 0.2) is 17.5 Å². The Bertz CT molecular complexity index is 927. The highest BCUT2D eigenvalue weighted by Gasteiger charge is 2.30. The maximum atomic E-state index is 13.8. The average Bonchev–Trinajstić information content (AvgIpc) is 2.68. The smallest absolute Gasteiger partial charge is 0.256 e. The van der Waals surface area contributed by atoms with E-state index in [-0.39, 0.29) is 31.6 Å². The molecule has 148 valence electrons. The number of carbonyl (C=O) groups is 2. The minimum Gasteiger partial charge on any atom is -0.339 e. The van der Waals surface area contributed by atoms with Crippen molar-refractivity contribution in [3.05, 3.63) is 65.0 Å². The molecule has 1 N–H and O–H groups in total. The fourth-order valence-corrected chi connectivity index (χ4v) is 3.03. The lowest BCUT2D eigenvalue weighted by molar-refractivity contribution is -0.121. The third kappa shape index (κ3) is 3.97. The zero-order valence-electron chi connectivity index (χ0n) is 14.4. The minimum absolute atomic E-state index is 0.0846. The molecule has 4 nitrogen and oxygen atoms in total. The lowest BCUT2D eigenvalue weighted by Gasteiger charge is -2.31. The number of hydrogen-bond acceptors (Lipinski definition) is 2. The first-order valence-corrected chi connectivity index (χ1v) is 8.46. The van der Waals surface area contributed by atoms with Gasteiger partial charge in [-0.05, 0) is 37.1 Å². The molecular formula is C19H15F5N2O2. The van der Waals surface area contributed by atoms with Crippen LogP contribution in [-0.2, 0) is 4.79 Å². The first-order valence-electron chi connectivity index (χ1n) is 8.46. The van der Waals surface area contributed by atoms with E-state index < -0.39 is 52.4 Å². The molecule has 2 amide bonds. The van der Waals surface area contributed by atoms with Gasteiger partial charge in [-0.2, -0.15) is 0 Å². The van der Waals surface area contributed by atoms with Crippen molar-refractivity contribution in [1.29, 1.82) is 0 Å². The summed E-state index contributed by atoms with van der Waals surface area (Å²) in [5, 5.41) is 2.37. The predicted octanol–water partition coefficient (Wildman–Crippen LogP) is 3.87. The van der Waals surface area contributed by atoms with Gasteiger partial charge in [0.05, 0.1) is 11.3 Å². The van der Waals surface area contributed by atoms with E-state index in [1.54, 1.807) is 0 Å². The Morgan fingerprint density at radius 2 is 1.57 bits per heavy atom. The van der Waals surface area contributed by atoms with Gasteiger partial charge in [-0.15, -0.1) is 0 Å². The van der Waals surface area contributed by atoms with E-state index in [1.165, 1.54) is 4.90 Å². The highest BCUT2D eigenvalue weighted by Crippen LogP contribution is 2.24. The molecule has 0 saturated carbocycles. The molecule has 0 radical (unpaired) electrons. The Morgan fingerprint density at radius 1 is 0.893 bits per heavy atom. The number of anilines is 1. The van der Waals surface area contributed by atoms with Crippen molar-refractivity contribution in [3.8, 4) is 0 Å². The SMILES string of the molecule is O=C(Nc1ccc(F)cc1F)C1CCN(C(=O)c2ccc(F)c(F)c2F)CC1. The lowest BCUT2D eigenvalue weighted by Crippen LogP contribution is -2.41. The van der Waals surface area contributed by atoms with Gasteiger partial charge in [-0.1, -0.05) is 0 Å². The summed E-state index contributed by atoms with van der Waals surface area (Å²) in [6, 6.07) is 4.30. The van der Waals surface area contributed by atoms with E-state index in [4.69, 9.17) is 0 Å². The fourth-order valence-electron chi connectivity index (χ4n) is 3.03. The molecule has 0 aliphatic carbocycles. The van der Waals surface area contributed by atoms with Gasteiger partial charge in [0, 0.05) is 25.1 Å². The highest BCUT2D eigenvalue weighted by molar-refractivity contribution is 5.95. The molecule has 1 aliphatic heterocycles. The van der Waals surface area contributed by atoms with Gasteiger partial charge in [-0.3, -0.25) is 9.59 Å². The second-order valence-electron chi connectivity index (χ2n) is 6.40. The third-order valence-corrected chi connectivity index (χ3v) is 4.61. The van der Waals surface area contributed by atoms with Crippen LogP contribution in [0.15, 0.2) is 30.3 Å². The Labute approximate surface area is 156 Å². The molecule has 0 spiro atoms. The second-order valence-corrected chi connectivity index (χ2v) is 6.40. The molecule has 0 aromatic heterocycles. The van der Waals surface area contributed by atoms with Gasteiger partial charge in [0.1, 0.15) is 11.6 Å². The number of nitrogens with zero attached hydrogens (tertiary/aromatic N) is 1. The van der Waals surface area contributed by atoms with E-state index >= 15 is 0 Å². The molecule has 3 rings (SSSR count). The molecule has 0 atom stereocenters. The van der Waals surface area contributed by atoms with Gasteiger partial charge >= 0.3 is 0 Å². The molecule has 9 heteroatoms. The molecule has 1 saturated heterocycles. The second kappa shape index (κ2) is 7.95. The van der Waals surface area contributed by atoms with Gasteiger partial charge in [0.25, 0.3) is 5.91 Å². The largest absolute Gasteiger partial charge is 0.339 e. The number of halogens is 5. The molecule has 0 unspecified atom stereocenters. The number of piperidine rings is 1. The van der Waals surface area contributed by atoms with Crippen LogP contribution in [0, 0.1) is 35.0 Å². The summed E-state index contributed by atoms with van der Waals surface area (Å²) in [4.78, 5) is 25.8. The molecular weight excluding hydrogens is 383 g/mol. The molecule has 2 aromatic rings. The van der Waals surface area contributed by atoms with Crippen LogP contribution < -0.4 is 5.32 Å². The minimum atomic E-state index is -1.72. The molecule has 1 fully saturated rings. The van der Waals surface area contributed by atoms with E-state index in [2.05, 4.69) is 5.32 Å². The van der Waals surface area contributed by atoms with Crippen molar-refractivity contribution in [1.82, 2.24) is 4.90 Å². The lowest BCUT2D eigenvalue weighted by atomic mass is 9.95. The Hall–Kier alpha value is -2.97. The summed E-state index contributed by atoms with van der Waals surface area (Å²) in [5.41, 5.74) is -0.746. The van der Waals surface area contributed by atoms with Crippen molar-refractivity contribution < 1.29 is 31.5 Å². The quantitative estimate of drug-likeness (QED) is 0.630. The van der Waals surface area contributed by atoms with Crippen LogP contribution in [-0.4, -0.2) is 29.8 Å². The van der Waals surface area contributed by atoms with Gasteiger partial charge in [-0.25, -0.2) is 22.0 Å². The van der Waals surface area contributed by atoms with E-state index in [0.717, 1.165) is 18.2 Å². The summed E-state index contributed by atoms with van der Waals surface area (Å²) >= 11 is 0. The fraction of sp³-hybridized carbons (Fsp3) is 0.263. The van der Waals surface area contributed by atoms with E-state index in [1.807, 2.05) is 0 Å². The van der Waals surface area contributed by atoms with E-state index in [9.17, 15) is 31.5 Å². The zero-order valence-corrected chi connectivity index (χ0v) is 14.4. The number of likely N-dealkylation sites (tertiary alicyclic amines) is 1. The van der Waals surface area contributed by atoms with E-state index in [0.29, 0.717) is 12.1 Å². The van der Waals surface area contributed by atoms with Crippen molar-refractivity contribution in [2.75, 3.05) is 18.4 Å². The van der Waals surface area contributed by atoms with Gasteiger partial charge in [0.2, 0.25) is 5.91 Å². The summed E-state index contributed by atoms with van der Waals surface area (Å²) in [7, 11) is 0. The zero-order chi connectivity index (χ0) is 20.4. The summed E-state index contributed by atoms with van der Waals surface area (Å²) in [5.74, 6) is -8.18. The van der Waals surface area contributed by atoms with Crippen LogP contribution in [0.1, 0.15) is 23.2 Å². The first kappa shape index (κ1) is 19.8. The Balaban J connectivity index is 1.62. The maximum Gasteiger partial charge on any atom is 0.256 e. The Morgan fingerprint density at radius 3 is 2.21 bits per heavy atom. The summed E-state index contributed by atoms with van der Waals surface area (Å²) in [6.07, 6.45) is 0.428. The number of hydrogen-bond donors (Lipinski definition) is 1. The number of nitrogens with one attached hydrogen (secondary N) is 1. The standard InChI is InChI=1S/C19H15F5N2O2/c20-11-1-4-15(14(22)9-11)25-18(27)10-5-7-26(8-6-10)19(28)12-2-3-13(21)17(24)16(12)23/h1-4,9-10H,5-8H2,(H,25,27). The van der Waals surface area contributed by atoms with Gasteiger partial charge < -0.3 is 10.2 Å². The topological polar surface area (TPSA) is 49.4 Å². The van der Waals surface area contributed by atoms with Crippen LogP contribution in [0.5, 0.6) is 0 Å². The van der Waals surface area contributed by atoms with Crippen LogP contribution in [0.25, 0.3) is 0 Å². The molecule has 2 aromatic carbocycles. The van der Waals surface area contributed by atoms with Crippen LogP contribution >= 0.6 is 0 Å². The predicted molar refractivity (Wildman–Crippen MR) is 89.9 cm³/mol. The number of benzene rings is 2. The summed E-state index contributed by atoms with van der Waals surface area (Å²) in [6.45, 7) is 0.169. The maximum absolute atomic E-state index is 13.8. The molecule has 0 bridgehead atoms.